The molecule has 9 heteroatoms. The average molecular weight is 348 g/mol. The van der Waals surface area contributed by atoms with Crippen LogP contribution in [-0.2, 0) is 0 Å². The molecule has 1 amide bonds. The predicted octanol–water partition coefficient (Wildman–Crippen LogP) is 1.72. The number of benzene rings is 1. The van der Waals surface area contributed by atoms with Gasteiger partial charge in [0, 0.05) is 26.2 Å². The molecular formula is C14H22ClN3O5. The summed E-state index contributed by atoms with van der Waals surface area (Å²) in [5, 5.41) is 14.2. The van der Waals surface area contributed by atoms with E-state index in [-0.39, 0.29) is 35.2 Å². The van der Waals surface area contributed by atoms with Gasteiger partial charge in [-0.05, 0) is 14.0 Å². The third kappa shape index (κ3) is 5.26. The number of nitro benzene ring substituents is 1. The summed E-state index contributed by atoms with van der Waals surface area (Å²) in [6.45, 7) is 3.12. The zero-order valence-corrected chi connectivity index (χ0v) is 14.4. The molecule has 1 aromatic rings. The largest absolute Gasteiger partial charge is 0.493 e. The number of methoxy groups -OCH3 is 1. The number of likely N-dealkylation sites (N-methyl/N-ethyl adjacent to an activating group) is 2. The van der Waals surface area contributed by atoms with E-state index in [1.807, 2.05) is 0 Å². The molecule has 0 aliphatic rings. The van der Waals surface area contributed by atoms with Crippen molar-refractivity contribution in [1.82, 2.24) is 10.2 Å². The fourth-order valence-electron chi connectivity index (χ4n) is 1.89. The van der Waals surface area contributed by atoms with E-state index in [0.29, 0.717) is 19.7 Å². The number of nitro groups is 1. The topological polar surface area (TPSA) is 93.9 Å². The second-order valence-corrected chi connectivity index (χ2v) is 4.54. The van der Waals surface area contributed by atoms with Gasteiger partial charge >= 0.3 is 0 Å². The van der Waals surface area contributed by atoms with Crippen molar-refractivity contribution < 1.29 is 19.2 Å². The average Bonchev–Trinajstić information content (AvgIpc) is 2.51. The number of hydrogen-bond acceptors (Lipinski definition) is 6. The van der Waals surface area contributed by atoms with Gasteiger partial charge in [-0.1, -0.05) is 0 Å². The summed E-state index contributed by atoms with van der Waals surface area (Å²) in [4.78, 5) is 24.5. The Labute approximate surface area is 141 Å². The molecule has 0 saturated carbocycles. The van der Waals surface area contributed by atoms with Gasteiger partial charge in [-0.2, -0.15) is 0 Å². The second kappa shape index (κ2) is 9.86. The van der Waals surface area contributed by atoms with Crippen LogP contribution in [0.5, 0.6) is 11.5 Å². The van der Waals surface area contributed by atoms with Crippen molar-refractivity contribution in [2.75, 3.05) is 40.9 Å². The summed E-state index contributed by atoms with van der Waals surface area (Å²) in [6, 6.07) is 2.57. The van der Waals surface area contributed by atoms with E-state index in [2.05, 4.69) is 5.32 Å². The lowest BCUT2D eigenvalue weighted by Gasteiger charge is -2.18. The quantitative estimate of drug-likeness (QED) is 0.568. The monoisotopic (exact) mass is 347 g/mol. The van der Waals surface area contributed by atoms with Gasteiger partial charge in [-0.25, -0.2) is 0 Å². The van der Waals surface area contributed by atoms with Gasteiger partial charge in [0.2, 0.25) is 0 Å². The lowest BCUT2D eigenvalue weighted by Crippen LogP contribution is -2.33. The predicted molar refractivity (Wildman–Crippen MR) is 89.0 cm³/mol. The Kier molecular flexibility index (Phi) is 8.97. The van der Waals surface area contributed by atoms with Crippen LogP contribution in [0.15, 0.2) is 12.1 Å². The smallest absolute Gasteiger partial charge is 0.286 e. The Bertz CT molecular complexity index is 553. The van der Waals surface area contributed by atoms with Crippen LogP contribution in [0.25, 0.3) is 0 Å². The van der Waals surface area contributed by atoms with Crippen LogP contribution in [0.2, 0.25) is 0 Å². The Morgan fingerprint density at radius 2 is 2.04 bits per heavy atom. The molecule has 0 heterocycles. The third-order valence-electron chi connectivity index (χ3n) is 3.05. The molecule has 0 aliphatic heterocycles. The van der Waals surface area contributed by atoms with E-state index in [9.17, 15) is 14.9 Å². The van der Waals surface area contributed by atoms with Crippen molar-refractivity contribution in [2.24, 2.45) is 0 Å². The highest BCUT2D eigenvalue weighted by atomic mass is 35.5. The number of rotatable bonds is 8. The minimum absolute atomic E-state index is 0. The SMILES string of the molecule is CCOc1cc([N+](=O)[O-])c(C(=O)N(C)CCNC)cc1OC.Cl. The van der Waals surface area contributed by atoms with Gasteiger partial charge in [0.15, 0.2) is 11.5 Å². The van der Waals surface area contributed by atoms with Gasteiger partial charge in [0.25, 0.3) is 11.6 Å². The number of nitrogens with one attached hydrogen (secondary N) is 1. The number of carbonyl (C=O) groups excluding carboxylic acids is 1. The van der Waals surface area contributed by atoms with Crippen LogP contribution < -0.4 is 14.8 Å². The van der Waals surface area contributed by atoms with E-state index in [4.69, 9.17) is 9.47 Å². The Balaban J connectivity index is 0.00000484. The molecule has 0 bridgehead atoms. The number of halogens is 1. The molecule has 130 valence electrons. The molecule has 0 atom stereocenters. The molecule has 0 saturated heterocycles. The molecular weight excluding hydrogens is 326 g/mol. The standard InChI is InChI=1S/C14H21N3O5.ClH/c1-5-22-13-9-11(17(19)20)10(8-12(13)21-4)14(18)16(3)7-6-15-2;/h8-9,15H,5-7H2,1-4H3;1H. The minimum Gasteiger partial charge on any atom is -0.493 e. The Hall–Kier alpha value is -2.06. The van der Waals surface area contributed by atoms with Crippen LogP contribution in [0.3, 0.4) is 0 Å². The highest BCUT2D eigenvalue weighted by Crippen LogP contribution is 2.35. The zero-order valence-electron chi connectivity index (χ0n) is 13.6. The number of carbonyl (C=O) groups is 1. The maximum atomic E-state index is 12.4. The molecule has 0 fully saturated rings. The summed E-state index contributed by atoms with van der Waals surface area (Å²) in [6.07, 6.45) is 0. The molecule has 8 nitrogen and oxygen atoms in total. The van der Waals surface area contributed by atoms with Gasteiger partial charge < -0.3 is 19.7 Å². The maximum Gasteiger partial charge on any atom is 0.286 e. The third-order valence-corrected chi connectivity index (χ3v) is 3.05. The van der Waals surface area contributed by atoms with E-state index >= 15 is 0 Å². The molecule has 0 spiro atoms. The first kappa shape index (κ1) is 20.9. The lowest BCUT2D eigenvalue weighted by molar-refractivity contribution is -0.385. The minimum atomic E-state index is -0.596. The zero-order chi connectivity index (χ0) is 16.7. The molecule has 0 aromatic heterocycles. The fraction of sp³-hybridized carbons (Fsp3) is 0.500. The number of nitrogens with zero attached hydrogens (tertiary/aromatic N) is 2. The summed E-state index contributed by atoms with van der Waals surface area (Å²) in [7, 11) is 4.77. The first-order valence-corrected chi connectivity index (χ1v) is 6.85. The van der Waals surface area contributed by atoms with Crippen LogP contribution in [0.1, 0.15) is 17.3 Å². The first-order chi connectivity index (χ1) is 10.5. The van der Waals surface area contributed by atoms with Crippen LogP contribution >= 0.6 is 12.4 Å². The molecule has 0 unspecified atom stereocenters. The fourth-order valence-corrected chi connectivity index (χ4v) is 1.89. The van der Waals surface area contributed by atoms with Crippen LogP contribution in [0, 0.1) is 10.1 Å². The van der Waals surface area contributed by atoms with Crippen molar-refractivity contribution >= 4 is 24.0 Å². The summed E-state index contributed by atoms with van der Waals surface area (Å²) in [5.74, 6) is 0.0900. The number of hydrogen-bond donors (Lipinski definition) is 1. The normalized spacial score (nSPS) is 9.74. The van der Waals surface area contributed by atoms with Crippen LogP contribution in [0.4, 0.5) is 5.69 Å². The highest BCUT2D eigenvalue weighted by Gasteiger charge is 2.26. The van der Waals surface area contributed by atoms with E-state index in [1.54, 1.807) is 21.0 Å². The summed E-state index contributed by atoms with van der Waals surface area (Å²) >= 11 is 0. The van der Waals surface area contributed by atoms with E-state index < -0.39 is 10.8 Å². The molecule has 1 rings (SSSR count). The van der Waals surface area contributed by atoms with Gasteiger partial charge in [0.05, 0.1) is 24.7 Å². The first-order valence-electron chi connectivity index (χ1n) is 6.85. The summed E-state index contributed by atoms with van der Waals surface area (Å²) in [5.41, 5.74) is -0.325. The van der Waals surface area contributed by atoms with E-state index in [0.717, 1.165) is 0 Å². The molecule has 23 heavy (non-hydrogen) atoms. The lowest BCUT2D eigenvalue weighted by atomic mass is 10.1. The molecule has 1 N–H and O–H groups in total. The molecule has 0 radical (unpaired) electrons. The Morgan fingerprint density at radius 3 is 2.52 bits per heavy atom. The summed E-state index contributed by atoms with van der Waals surface area (Å²) < 4.78 is 10.5. The maximum absolute atomic E-state index is 12.4. The van der Waals surface area contributed by atoms with Crippen molar-refractivity contribution in [3.8, 4) is 11.5 Å². The van der Waals surface area contributed by atoms with Crippen molar-refractivity contribution in [2.45, 2.75) is 6.92 Å². The molecule has 1 aromatic carbocycles. The van der Waals surface area contributed by atoms with E-state index in [1.165, 1.54) is 24.1 Å². The van der Waals surface area contributed by atoms with Crippen molar-refractivity contribution in [3.63, 3.8) is 0 Å². The number of ether oxygens (including phenoxy) is 2. The second-order valence-electron chi connectivity index (χ2n) is 4.54. The van der Waals surface area contributed by atoms with Crippen LogP contribution in [-0.4, -0.2) is 56.6 Å². The Morgan fingerprint density at radius 1 is 1.39 bits per heavy atom. The molecule has 0 aliphatic carbocycles. The van der Waals surface area contributed by atoms with Crippen molar-refractivity contribution in [3.05, 3.63) is 27.8 Å². The number of amides is 1. The highest BCUT2D eigenvalue weighted by molar-refractivity contribution is 5.99. The van der Waals surface area contributed by atoms with Gasteiger partial charge in [-0.15, -0.1) is 12.4 Å². The van der Waals surface area contributed by atoms with Gasteiger partial charge in [-0.3, -0.25) is 14.9 Å². The van der Waals surface area contributed by atoms with Crippen molar-refractivity contribution in [1.29, 1.82) is 0 Å². The van der Waals surface area contributed by atoms with Gasteiger partial charge in [0.1, 0.15) is 5.56 Å².